The second-order valence-electron chi connectivity index (χ2n) is 6.34. The molecule has 3 rings (SSSR count). The molecule has 0 aliphatic heterocycles. The molecule has 0 bridgehead atoms. The largest absolute Gasteiger partial charge is 0.433 e. The molecule has 0 unspecified atom stereocenters. The molecule has 0 aliphatic carbocycles. The van der Waals surface area contributed by atoms with Gasteiger partial charge in [0.2, 0.25) is 0 Å². The number of ether oxygens (including phenoxy) is 1. The van der Waals surface area contributed by atoms with Crippen molar-refractivity contribution in [2.45, 2.75) is 20.0 Å². The van der Waals surface area contributed by atoms with Crippen LogP contribution in [0.2, 0.25) is 0 Å². The standard InChI is InChI=1S/C22H21F2N3OS/c1-15(26-27-22(29)25-14-13-16-7-3-2-4-8-16)18-12-11-17-9-5-6-10-19(17)20(18)28-21(23)24/h2-12,21H,13-14H2,1H3,(H2,25,27,29)/b26-15+. The number of hydrogen-bond acceptors (Lipinski definition) is 3. The zero-order valence-corrected chi connectivity index (χ0v) is 16.7. The summed E-state index contributed by atoms with van der Waals surface area (Å²) in [4.78, 5) is 0. The van der Waals surface area contributed by atoms with Gasteiger partial charge in [-0.05, 0) is 42.6 Å². The first-order valence-electron chi connectivity index (χ1n) is 9.13. The van der Waals surface area contributed by atoms with Crippen LogP contribution in [0, 0.1) is 0 Å². The maximum Gasteiger partial charge on any atom is 0.387 e. The lowest BCUT2D eigenvalue weighted by atomic mass is 10.0. The molecule has 3 aromatic rings. The highest BCUT2D eigenvalue weighted by Crippen LogP contribution is 2.31. The van der Waals surface area contributed by atoms with Crippen LogP contribution in [-0.4, -0.2) is 24.0 Å². The number of rotatable bonds is 7. The second kappa shape index (κ2) is 9.93. The van der Waals surface area contributed by atoms with Gasteiger partial charge in [-0.25, -0.2) is 0 Å². The summed E-state index contributed by atoms with van der Waals surface area (Å²) in [5.74, 6) is 0.101. The lowest BCUT2D eigenvalue weighted by Gasteiger charge is -2.14. The maximum absolute atomic E-state index is 13.0. The molecule has 3 aromatic carbocycles. The predicted molar refractivity (Wildman–Crippen MR) is 117 cm³/mol. The molecular formula is C22H21F2N3OS. The number of hydrazone groups is 1. The van der Waals surface area contributed by atoms with Gasteiger partial charge in [-0.15, -0.1) is 0 Å². The maximum atomic E-state index is 13.0. The monoisotopic (exact) mass is 413 g/mol. The minimum absolute atomic E-state index is 0.101. The summed E-state index contributed by atoms with van der Waals surface area (Å²) in [6.45, 7) is -0.566. The number of alkyl halides is 2. The van der Waals surface area contributed by atoms with Crippen molar-refractivity contribution in [3.8, 4) is 5.75 Å². The normalized spacial score (nSPS) is 11.5. The third-order valence-corrected chi connectivity index (χ3v) is 4.58. The van der Waals surface area contributed by atoms with E-state index in [4.69, 9.17) is 17.0 Å². The smallest absolute Gasteiger partial charge is 0.387 e. The Kier molecular flexibility index (Phi) is 7.08. The molecule has 7 heteroatoms. The number of nitrogens with zero attached hydrogens (tertiary/aromatic N) is 1. The molecule has 0 heterocycles. The van der Waals surface area contributed by atoms with Crippen molar-refractivity contribution in [2.75, 3.05) is 6.54 Å². The fourth-order valence-corrected chi connectivity index (χ4v) is 3.09. The van der Waals surface area contributed by atoms with Crippen molar-refractivity contribution in [2.24, 2.45) is 5.10 Å². The van der Waals surface area contributed by atoms with E-state index in [0.717, 1.165) is 11.8 Å². The SMILES string of the molecule is C/C(=N\NC(=S)NCCc1ccccc1)c1ccc2ccccc2c1OC(F)F. The van der Waals surface area contributed by atoms with Crippen LogP contribution >= 0.6 is 12.2 Å². The molecule has 29 heavy (non-hydrogen) atoms. The van der Waals surface area contributed by atoms with Gasteiger partial charge in [-0.2, -0.15) is 13.9 Å². The highest BCUT2D eigenvalue weighted by molar-refractivity contribution is 7.80. The van der Waals surface area contributed by atoms with Gasteiger partial charge >= 0.3 is 6.61 Å². The van der Waals surface area contributed by atoms with Crippen molar-refractivity contribution >= 4 is 33.8 Å². The van der Waals surface area contributed by atoms with Crippen LogP contribution in [0.3, 0.4) is 0 Å². The van der Waals surface area contributed by atoms with Crippen molar-refractivity contribution in [3.05, 3.63) is 77.9 Å². The average molecular weight is 413 g/mol. The van der Waals surface area contributed by atoms with Crippen LogP contribution in [0.25, 0.3) is 10.8 Å². The molecule has 0 saturated heterocycles. The molecule has 4 nitrogen and oxygen atoms in total. The fraction of sp³-hybridized carbons (Fsp3) is 0.182. The Morgan fingerprint density at radius 2 is 1.76 bits per heavy atom. The first kappa shape index (κ1) is 20.7. The zero-order chi connectivity index (χ0) is 20.6. The van der Waals surface area contributed by atoms with Gasteiger partial charge in [0, 0.05) is 17.5 Å². The number of hydrogen-bond donors (Lipinski definition) is 2. The molecule has 0 amide bonds. The van der Waals surface area contributed by atoms with Crippen molar-refractivity contribution in [3.63, 3.8) is 0 Å². The quantitative estimate of drug-likeness (QED) is 0.330. The molecular weight excluding hydrogens is 392 g/mol. The van der Waals surface area contributed by atoms with E-state index in [2.05, 4.69) is 15.8 Å². The Labute approximate surface area is 173 Å². The number of halogens is 2. The van der Waals surface area contributed by atoms with Gasteiger partial charge in [0.05, 0.1) is 5.71 Å². The topological polar surface area (TPSA) is 45.7 Å². The first-order valence-corrected chi connectivity index (χ1v) is 9.54. The van der Waals surface area contributed by atoms with Crippen molar-refractivity contribution in [1.29, 1.82) is 0 Å². The Morgan fingerprint density at radius 1 is 1.03 bits per heavy atom. The van der Waals surface area contributed by atoms with Gasteiger partial charge in [-0.1, -0.05) is 60.7 Å². The number of nitrogens with one attached hydrogen (secondary N) is 2. The minimum Gasteiger partial charge on any atom is -0.433 e. The van der Waals surface area contributed by atoms with E-state index in [1.54, 1.807) is 25.1 Å². The lowest BCUT2D eigenvalue weighted by Crippen LogP contribution is -2.34. The fourth-order valence-electron chi connectivity index (χ4n) is 2.94. The van der Waals surface area contributed by atoms with E-state index < -0.39 is 6.61 Å². The van der Waals surface area contributed by atoms with Crippen molar-refractivity contribution in [1.82, 2.24) is 10.7 Å². The average Bonchev–Trinajstić information content (AvgIpc) is 2.72. The Morgan fingerprint density at radius 3 is 2.52 bits per heavy atom. The Bertz CT molecular complexity index is 1010. The summed E-state index contributed by atoms with van der Waals surface area (Å²) in [6.07, 6.45) is 0.822. The van der Waals surface area contributed by atoms with Gasteiger partial charge in [-0.3, -0.25) is 5.43 Å². The Hall–Kier alpha value is -3.06. The van der Waals surface area contributed by atoms with Gasteiger partial charge in [0.15, 0.2) is 5.11 Å². The second-order valence-corrected chi connectivity index (χ2v) is 6.75. The molecule has 0 aliphatic rings. The predicted octanol–water partition coefficient (Wildman–Crippen LogP) is 4.87. The summed E-state index contributed by atoms with van der Waals surface area (Å²) in [6, 6.07) is 20.8. The molecule has 0 radical (unpaired) electrons. The van der Waals surface area contributed by atoms with E-state index in [9.17, 15) is 8.78 Å². The zero-order valence-electron chi connectivity index (χ0n) is 15.9. The summed E-state index contributed by atoms with van der Waals surface area (Å²) in [7, 11) is 0. The van der Waals surface area contributed by atoms with E-state index >= 15 is 0 Å². The van der Waals surface area contributed by atoms with Crippen molar-refractivity contribution < 1.29 is 13.5 Å². The molecule has 0 fully saturated rings. The van der Waals surface area contributed by atoms with Crippen LogP contribution in [0.15, 0.2) is 71.8 Å². The van der Waals surface area contributed by atoms with E-state index in [0.29, 0.717) is 28.3 Å². The van der Waals surface area contributed by atoms with Crippen LogP contribution < -0.4 is 15.5 Å². The molecule has 0 saturated carbocycles. The number of thiocarbonyl (C=S) groups is 1. The summed E-state index contributed by atoms with van der Waals surface area (Å²) < 4.78 is 30.8. The van der Waals surface area contributed by atoms with Crippen LogP contribution in [0.1, 0.15) is 18.1 Å². The molecule has 0 atom stereocenters. The van der Waals surface area contributed by atoms with Gasteiger partial charge in [0.25, 0.3) is 0 Å². The van der Waals surface area contributed by atoms with Crippen LogP contribution in [0.4, 0.5) is 8.78 Å². The van der Waals surface area contributed by atoms with Gasteiger partial charge in [0.1, 0.15) is 5.75 Å². The van der Waals surface area contributed by atoms with Gasteiger partial charge < -0.3 is 10.1 Å². The number of benzene rings is 3. The van der Waals surface area contributed by atoms with Crippen LogP contribution in [-0.2, 0) is 6.42 Å². The summed E-state index contributed by atoms with van der Waals surface area (Å²) in [5, 5.41) is 9.08. The van der Waals surface area contributed by atoms with E-state index in [1.807, 2.05) is 48.5 Å². The minimum atomic E-state index is -2.93. The number of fused-ring (bicyclic) bond motifs is 1. The molecule has 150 valence electrons. The summed E-state index contributed by atoms with van der Waals surface area (Å²) in [5.41, 5.74) is 4.92. The third-order valence-electron chi connectivity index (χ3n) is 4.34. The van der Waals surface area contributed by atoms with Crippen LogP contribution in [0.5, 0.6) is 5.75 Å². The Balaban J connectivity index is 1.68. The molecule has 2 N–H and O–H groups in total. The first-order chi connectivity index (χ1) is 14.0. The van der Waals surface area contributed by atoms with E-state index in [1.165, 1.54) is 5.56 Å². The van der Waals surface area contributed by atoms with E-state index in [-0.39, 0.29) is 5.75 Å². The highest BCUT2D eigenvalue weighted by atomic mass is 32.1. The third kappa shape index (κ3) is 5.71. The summed E-state index contributed by atoms with van der Waals surface area (Å²) >= 11 is 5.24. The lowest BCUT2D eigenvalue weighted by molar-refractivity contribution is -0.0489. The highest BCUT2D eigenvalue weighted by Gasteiger charge is 2.15. The molecule has 0 aromatic heterocycles. The molecule has 0 spiro atoms.